The van der Waals surface area contributed by atoms with Crippen LogP contribution in [0.15, 0.2) is 24.3 Å². The number of rotatable bonds is 7. The average Bonchev–Trinajstić information content (AvgIpc) is 2.32. The Morgan fingerprint density at radius 2 is 1.94 bits per heavy atom. The summed E-state index contributed by atoms with van der Waals surface area (Å²) in [6, 6.07) is 8.06. The summed E-state index contributed by atoms with van der Waals surface area (Å²) in [6.07, 6.45) is 2.42. The largest absolute Gasteiger partial charge is 0.385 e. The van der Waals surface area contributed by atoms with Crippen LogP contribution < -0.4 is 5.32 Å². The first kappa shape index (κ1) is 13.7. The third kappa shape index (κ3) is 6.07. The van der Waals surface area contributed by atoms with E-state index in [1.165, 1.54) is 5.56 Å². The van der Waals surface area contributed by atoms with Gasteiger partial charge < -0.3 is 10.1 Å². The molecule has 0 aliphatic carbocycles. The number of amides is 1. The maximum absolute atomic E-state index is 11.6. The molecule has 17 heavy (non-hydrogen) atoms. The molecule has 94 valence electrons. The van der Waals surface area contributed by atoms with Gasteiger partial charge in [0.15, 0.2) is 0 Å². The zero-order valence-corrected chi connectivity index (χ0v) is 10.7. The van der Waals surface area contributed by atoms with Gasteiger partial charge in [0, 0.05) is 20.3 Å². The number of carbonyl (C=O) groups is 1. The minimum Gasteiger partial charge on any atom is -0.385 e. The standard InChI is InChI=1S/C14H21NO2/c1-12-5-7-13(8-6-12)11-14(16)15-9-3-4-10-17-2/h5-8H,3-4,9-11H2,1-2H3,(H,15,16). The second-order valence-corrected chi connectivity index (χ2v) is 4.21. The van der Waals surface area contributed by atoms with Gasteiger partial charge >= 0.3 is 0 Å². The van der Waals surface area contributed by atoms with E-state index in [4.69, 9.17) is 4.74 Å². The smallest absolute Gasteiger partial charge is 0.224 e. The van der Waals surface area contributed by atoms with Crippen molar-refractivity contribution in [3.8, 4) is 0 Å². The number of hydrogen-bond donors (Lipinski definition) is 1. The molecule has 1 amide bonds. The molecule has 3 nitrogen and oxygen atoms in total. The van der Waals surface area contributed by atoms with E-state index in [9.17, 15) is 4.79 Å². The Bertz CT molecular complexity index is 333. The Labute approximate surface area is 103 Å². The highest BCUT2D eigenvalue weighted by atomic mass is 16.5. The van der Waals surface area contributed by atoms with Crippen molar-refractivity contribution in [1.29, 1.82) is 0 Å². The Morgan fingerprint density at radius 3 is 2.59 bits per heavy atom. The first-order chi connectivity index (χ1) is 8.22. The highest BCUT2D eigenvalue weighted by Crippen LogP contribution is 2.03. The van der Waals surface area contributed by atoms with Gasteiger partial charge in [0.2, 0.25) is 5.91 Å². The molecule has 1 aromatic carbocycles. The summed E-state index contributed by atoms with van der Waals surface area (Å²) in [5, 5.41) is 2.91. The molecule has 0 aromatic heterocycles. The van der Waals surface area contributed by atoms with Crippen molar-refractivity contribution < 1.29 is 9.53 Å². The summed E-state index contributed by atoms with van der Waals surface area (Å²) in [5.41, 5.74) is 2.28. The highest BCUT2D eigenvalue weighted by Gasteiger charge is 2.02. The van der Waals surface area contributed by atoms with Crippen molar-refractivity contribution in [3.05, 3.63) is 35.4 Å². The normalized spacial score (nSPS) is 10.2. The molecule has 0 bridgehead atoms. The molecule has 0 aliphatic rings. The van der Waals surface area contributed by atoms with Crippen LogP contribution in [-0.2, 0) is 16.0 Å². The summed E-state index contributed by atoms with van der Waals surface area (Å²) in [5.74, 6) is 0.0891. The van der Waals surface area contributed by atoms with Crippen molar-refractivity contribution in [2.75, 3.05) is 20.3 Å². The molecule has 1 N–H and O–H groups in total. The van der Waals surface area contributed by atoms with Gasteiger partial charge in [-0.2, -0.15) is 0 Å². The van der Waals surface area contributed by atoms with Crippen LogP contribution in [-0.4, -0.2) is 26.2 Å². The van der Waals surface area contributed by atoms with E-state index in [0.29, 0.717) is 6.42 Å². The molecule has 1 rings (SSSR count). The minimum absolute atomic E-state index is 0.0891. The number of methoxy groups -OCH3 is 1. The van der Waals surface area contributed by atoms with Crippen LogP contribution >= 0.6 is 0 Å². The maximum Gasteiger partial charge on any atom is 0.224 e. The Balaban J connectivity index is 2.18. The van der Waals surface area contributed by atoms with E-state index >= 15 is 0 Å². The van der Waals surface area contributed by atoms with Crippen LogP contribution in [0.2, 0.25) is 0 Å². The third-order valence-electron chi connectivity index (χ3n) is 2.58. The summed E-state index contributed by atoms with van der Waals surface area (Å²) in [6.45, 7) is 3.53. The highest BCUT2D eigenvalue weighted by molar-refractivity contribution is 5.78. The predicted octanol–water partition coefficient (Wildman–Crippen LogP) is 2.08. The molecule has 0 spiro atoms. The van der Waals surface area contributed by atoms with Gasteiger partial charge in [-0.1, -0.05) is 29.8 Å². The topological polar surface area (TPSA) is 38.3 Å². The number of unbranched alkanes of at least 4 members (excludes halogenated alkanes) is 1. The number of hydrogen-bond acceptors (Lipinski definition) is 2. The van der Waals surface area contributed by atoms with Gasteiger partial charge in [0.05, 0.1) is 6.42 Å². The number of benzene rings is 1. The van der Waals surface area contributed by atoms with Gasteiger partial charge in [0.25, 0.3) is 0 Å². The molecule has 3 heteroatoms. The van der Waals surface area contributed by atoms with E-state index < -0.39 is 0 Å². The lowest BCUT2D eigenvalue weighted by atomic mass is 10.1. The van der Waals surface area contributed by atoms with Crippen LogP contribution in [0.3, 0.4) is 0 Å². The number of nitrogens with one attached hydrogen (secondary N) is 1. The number of carbonyl (C=O) groups excluding carboxylic acids is 1. The average molecular weight is 235 g/mol. The van der Waals surface area contributed by atoms with Crippen LogP contribution in [0.25, 0.3) is 0 Å². The first-order valence-electron chi connectivity index (χ1n) is 6.03. The van der Waals surface area contributed by atoms with Gasteiger partial charge in [-0.25, -0.2) is 0 Å². The van der Waals surface area contributed by atoms with Crippen molar-refractivity contribution in [3.63, 3.8) is 0 Å². The summed E-state index contributed by atoms with van der Waals surface area (Å²) in [7, 11) is 1.69. The number of ether oxygens (including phenoxy) is 1. The first-order valence-corrected chi connectivity index (χ1v) is 6.03. The van der Waals surface area contributed by atoms with Crippen LogP contribution in [0.5, 0.6) is 0 Å². The van der Waals surface area contributed by atoms with E-state index in [-0.39, 0.29) is 5.91 Å². The Hall–Kier alpha value is -1.35. The fourth-order valence-electron chi connectivity index (χ4n) is 1.55. The van der Waals surface area contributed by atoms with Crippen LogP contribution in [0.4, 0.5) is 0 Å². The zero-order valence-electron chi connectivity index (χ0n) is 10.7. The van der Waals surface area contributed by atoms with Gasteiger partial charge in [-0.15, -0.1) is 0 Å². The second kappa shape index (κ2) is 7.85. The van der Waals surface area contributed by atoms with Crippen molar-refractivity contribution in [2.45, 2.75) is 26.2 Å². The predicted molar refractivity (Wildman–Crippen MR) is 69.0 cm³/mol. The van der Waals surface area contributed by atoms with Crippen LogP contribution in [0, 0.1) is 6.92 Å². The molecular formula is C14H21NO2. The summed E-state index contributed by atoms with van der Waals surface area (Å²) in [4.78, 5) is 11.6. The monoisotopic (exact) mass is 235 g/mol. The molecule has 0 saturated heterocycles. The van der Waals surface area contributed by atoms with Gasteiger partial charge in [0.1, 0.15) is 0 Å². The Kier molecular flexibility index (Phi) is 6.33. The maximum atomic E-state index is 11.6. The molecular weight excluding hydrogens is 214 g/mol. The van der Waals surface area contributed by atoms with Crippen molar-refractivity contribution >= 4 is 5.91 Å². The minimum atomic E-state index is 0.0891. The molecule has 0 fully saturated rings. The molecule has 0 aliphatic heterocycles. The number of aryl methyl sites for hydroxylation is 1. The summed E-state index contributed by atoms with van der Waals surface area (Å²) >= 11 is 0. The Morgan fingerprint density at radius 1 is 1.24 bits per heavy atom. The lowest BCUT2D eigenvalue weighted by Gasteiger charge is -2.05. The lowest BCUT2D eigenvalue weighted by Crippen LogP contribution is -2.26. The van der Waals surface area contributed by atoms with E-state index in [1.807, 2.05) is 31.2 Å². The van der Waals surface area contributed by atoms with Gasteiger partial charge in [-0.3, -0.25) is 4.79 Å². The quantitative estimate of drug-likeness (QED) is 0.735. The molecule has 0 unspecified atom stereocenters. The van der Waals surface area contributed by atoms with Crippen molar-refractivity contribution in [1.82, 2.24) is 5.32 Å². The fraction of sp³-hybridized carbons (Fsp3) is 0.500. The molecule has 0 atom stereocenters. The molecule has 0 heterocycles. The van der Waals surface area contributed by atoms with E-state index in [1.54, 1.807) is 7.11 Å². The molecule has 0 saturated carbocycles. The fourth-order valence-corrected chi connectivity index (χ4v) is 1.55. The third-order valence-corrected chi connectivity index (χ3v) is 2.58. The second-order valence-electron chi connectivity index (χ2n) is 4.21. The SMILES string of the molecule is COCCCCNC(=O)Cc1ccc(C)cc1. The zero-order chi connectivity index (χ0) is 12.5. The lowest BCUT2D eigenvalue weighted by molar-refractivity contribution is -0.120. The van der Waals surface area contributed by atoms with Crippen LogP contribution in [0.1, 0.15) is 24.0 Å². The molecule has 0 radical (unpaired) electrons. The molecule has 1 aromatic rings. The summed E-state index contributed by atoms with van der Waals surface area (Å²) < 4.78 is 4.94. The van der Waals surface area contributed by atoms with E-state index in [0.717, 1.165) is 31.6 Å². The van der Waals surface area contributed by atoms with Gasteiger partial charge in [-0.05, 0) is 25.3 Å². The van der Waals surface area contributed by atoms with Crippen molar-refractivity contribution in [2.24, 2.45) is 0 Å². The van der Waals surface area contributed by atoms with E-state index in [2.05, 4.69) is 5.32 Å².